The number of carbonyl (C=O) groups is 2. The number of rotatable bonds is 12. The van der Waals surface area contributed by atoms with Crippen molar-refractivity contribution in [2.75, 3.05) is 31.7 Å². The van der Waals surface area contributed by atoms with E-state index < -0.39 is 6.09 Å². The SMILES string of the molecule is COc1ccc(C23CCC(CN(c4cc(-c5coc(C(C)C)n5)ccn4)C(=O)[C@H]4CC[C@H](N(CCCO)C(=O)O)CC4)(CC2)CC3)cc1C. The molecule has 2 bridgehead atoms. The van der Waals surface area contributed by atoms with Crippen LogP contribution in [0.3, 0.4) is 0 Å². The van der Waals surface area contributed by atoms with E-state index in [-0.39, 0.29) is 41.2 Å². The molecule has 4 aliphatic carbocycles. The molecule has 264 valence electrons. The Hall–Kier alpha value is -3.92. The van der Waals surface area contributed by atoms with Crippen molar-refractivity contribution >= 4 is 17.8 Å². The first kappa shape index (κ1) is 34.9. The second kappa shape index (κ2) is 14.5. The Morgan fingerprint density at radius 1 is 1.04 bits per heavy atom. The predicted octanol–water partition coefficient (Wildman–Crippen LogP) is 7.72. The number of amides is 2. The van der Waals surface area contributed by atoms with Gasteiger partial charge in [-0.05, 0) is 118 Å². The number of ether oxygens (including phenoxy) is 1. The van der Waals surface area contributed by atoms with Crippen molar-refractivity contribution in [3.63, 3.8) is 0 Å². The Kier molecular flexibility index (Phi) is 10.3. The average molecular weight is 673 g/mol. The van der Waals surface area contributed by atoms with Crippen LogP contribution in [0.4, 0.5) is 10.6 Å². The Bertz CT molecular complexity index is 1600. The number of hydrogen-bond donors (Lipinski definition) is 2. The maximum atomic E-state index is 14.6. The highest BCUT2D eigenvalue weighted by atomic mass is 16.5. The first-order valence-corrected chi connectivity index (χ1v) is 18.1. The number of pyridine rings is 1. The van der Waals surface area contributed by atoms with E-state index in [1.165, 1.54) is 16.0 Å². The molecule has 4 saturated carbocycles. The fourth-order valence-electron chi connectivity index (χ4n) is 8.69. The van der Waals surface area contributed by atoms with E-state index in [2.05, 4.69) is 25.1 Å². The number of oxazole rings is 1. The van der Waals surface area contributed by atoms with Gasteiger partial charge in [-0.2, -0.15) is 0 Å². The molecule has 4 aliphatic rings. The number of benzene rings is 1. The minimum atomic E-state index is -0.964. The lowest BCUT2D eigenvalue weighted by molar-refractivity contribution is -0.124. The molecule has 2 amide bonds. The third-order valence-electron chi connectivity index (χ3n) is 11.8. The second-order valence-corrected chi connectivity index (χ2v) is 15.1. The summed E-state index contributed by atoms with van der Waals surface area (Å²) in [4.78, 5) is 39.5. The molecule has 7 rings (SSSR count). The number of aliphatic hydroxyl groups excluding tert-OH is 1. The number of methoxy groups -OCH3 is 1. The van der Waals surface area contributed by atoms with Gasteiger partial charge in [-0.15, -0.1) is 0 Å². The molecule has 0 atom stereocenters. The highest BCUT2D eigenvalue weighted by Gasteiger charge is 2.51. The van der Waals surface area contributed by atoms with Crippen molar-refractivity contribution in [1.29, 1.82) is 0 Å². The Morgan fingerprint density at radius 2 is 1.76 bits per heavy atom. The molecule has 0 spiro atoms. The lowest BCUT2D eigenvalue weighted by Crippen LogP contribution is -2.52. The van der Waals surface area contributed by atoms with Crippen molar-refractivity contribution in [3.05, 3.63) is 59.8 Å². The molecule has 2 heterocycles. The predicted molar refractivity (Wildman–Crippen MR) is 188 cm³/mol. The van der Waals surface area contributed by atoms with E-state index in [4.69, 9.17) is 19.1 Å². The van der Waals surface area contributed by atoms with Crippen molar-refractivity contribution in [3.8, 4) is 17.0 Å². The summed E-state index contributed by atoms with van der Waals surface area (Å²) in [5, 5.41) is 19.1. The van der Waals surface area contributed by atoms with Crippen LogP contribution < -0.4 is 9.64 Å². The van der Waals surface area contributed by atoms with Crippen LogP contribution in [0.5, 0.6) is 5.75 Å². The van der Waals surface area contributed by atoms with E-state index in [0.717, 1.165) is 55.5 Å². The van der Waals surface area contributed by atoms with Gasteiger partial charge in [-0.25, -0.2) is 14.8 Å². The number of aromatic nitrogens is 2. The highest BCUT2D eigenvalue weighted by Crippen LogP contribution is 2.58. The zero-order valence-corrected chi connectivity index (χ0v) is 29.5. The number of hydrogen-bond acceptors (Lipinski definition) is 7. The first-order valence-electron chi connectivity index (χ1n) is 18.1. The van der Waals surface area contributed by atoms with Gasteiger partial charge in [0.1, 0.15) is 23.5 Å². The van der Waals surface area contributed by atoms with Gasteiger partial charge >= 0.3 is 6.09 Å². The number of carbonyl (C=O) groups excluding carboxylic acids is 1. The van der Waals surface area contributed by atoms with E-state index >= 15 is 0 Å². The van der Waals surface area contributed by atoms with Crippen molar-refractivity contribution in [1.82, 2.24) is 14.9 Å². The van der Waals surface area contributed by atoms with E-state index in [1.54, 1.807) is 19.6 Å². The van der Waals surface area contributed by atoms with Gasteiger partial charge in [-0.3, -0.25) is 9.69 Å². The summed E-state index contributed by atoms with van der Waals surface area (Å²) in [5.41, 5.74) is 4.34. The van der Waals surface area contributed by atoms with Crippen molar-refractivity contribution in [2.24, 2.45) is 11.3 Å². The van der Waals surface area contributed by atoms with Gasteiger partial charge in [0.05, 0.1) is 7.11 Å². The first-order chi connectivity index (χ1) is 23.6. The smallest absolute Gasteiger partial charge is 0.407 e. The number of carboxylic acid groups (broad SMARTS) is 1. The molecule has 3 aromatic rings. The van der Waals surface area contributed by atoms with E-state index in [9.17, 15) is 19.8 Å². The van der Waals surface area contributed by atoms with Crippen LogP contribution in [0.25, 0.3) is 11.3 Å². The summed E-state index contributed by atoms with van der Waals surface area (Å²) in [7, 11) is 1.72. The van der Waals surface area contributed by atoms with E-state index in [1.807, 2.05) is 30.9 Å². The molecular weight excluding hydrogens is 620 g/mol. The number of anilines is 1. The second-order valence-electron chi connectivity index (χ2n) is 15.1. The summed E-state index contributed by atoms with van der Waals surface area (Å²) in [5.74, 6) is 2.26. The van der Waals surface area contributed by atoms with E-state index in [0.29, 0.717) is 56.9 Å². The Labute approximate surface area is 289 Å². The van der Waals surface area contributed by atoms with Gasteiger partial charge < -0.3 is 24.3 Å². The largest absolute Gasteiger partial charge is 0.496 e. The summed E-state index contributed by atoms with van der Waals surface area (Å²) >= 11 is 0. The van der Waals surface area contributed by atoms with Crippen LogP contribution in [0.15, 0.2) is 47.2 Å². The van der Waals surface area contributed by atoms with Crippen molar-refractivity contribution in [2.45, 2.75) is 109 Å². The summed E-state index contributed by atoms with van der Waals surface area (Å²) in [6.07, 6.45) is 11.8. The van der Waals surface area contributed by atoms with Crippen LogP contribution in [0.1, 0.15) is 107 Å². The topological polar surface area (TPSA) is 129 Å². The van der Waals surface area contributed by atoms with Gasteiger partial charge in [0.15, 0.2) is 5.89 Å². The van der Waals surface area contributed by atoms with Crippen LogP contribution in [-0.2, 0) is 10.2 Å². The molecule has 0 aliphatic heterocycles. The fourth-order valence-corrected chi connectivity index (χ4v) is 8.69. The Morgan fingerprint density at radius 3 is 2.35 bits per heavy atom. The minimum Gasteiger partial charge on any atom is -0.496 e. The number of fused-ring (bicyclic) bond motifs is 3. The number of aryl methyl sites for hydroxylation is 1. The molecule has 2 N–H and O–H groups in total. The summed E-state index contributed by atoms with van der Waals surface area (Å²) in [6, 6.07) is 10.4. The monoisotopic (exact) mass is 672 g/mol. The minimum absolute atomic E-state index is 0.0108. The van der Waals surface area contributed by atoms with Crippen molar-refractivity contribution < 1.29 is 29.0 Å². The third-order valence-corrected chi connectivity index (χ3v) is 11.8. The van der Waals surface area contributed by atoms with Gasteiger partial charge in [-0.1, -0.05) is 26.0 Å². The standard InChI is InChI=1S/C39H52N4O6/c1-26(2)35-41-32(24-49-35)29-12-19-40-34(23-29)43(36(45)28-6-9-31(10-7-28)42(37(46)47)20-5-21-44)25-38-13-16-39(17-14-38,18-15-38)30-8-11-33(48-4)27(3)22-30/h8,11-12,19,22-24,26,28,31,44H,5-7,9-10,13-18,20-21,25H2,1-4H3,(H,46,47)/t28-,31-,38?,39?. The van der Waals surface area contributed by atoms with Gasteiger partial charge in [0.25, 0.3) is 0 Å². The molecule has 10 nitrogen and oxygen atoms in total. The Balaban J connectivity index is 1.24. The van der Waals surface area contributed by atoms with Crippen LogP contribution in [0.2, 0.25) is 0 Å². The molecule has 4 fully saturated rings. The van der Waals surface area contributed by atoms with Crippen LogP contribution >= 0.6 is 0 Å². The molecule has 0 unspecified atom stereocenters. The molecule has 0 radical (unpaired) electrons. The lowest BCUT2D eigenvalue weighted by Gasteiger charge is -2.55. The third kappa shape index (κ3) is 7.21. The van der Waals surface area contributed by atoms with Crippen LogP contribution in [-0.4, -0.2) is 69.9 Å². The summed E-state index contributed by atoms with van der Waals surface area (Å²) in [6.45, 7) is 7.08. The fraction of sp³-hybridized carbons (Fsp3) is 0.590. The lowest BCUT2D eigenvalue weighted by atomic mass is 9.51. The zero-order valence-electron chi connectivity index (χ0n) is 29.5. The molecule has 49 heavy (non-hydrogen) atoms. The van der Waals surface area contributed by atoms with Gasteiger partial charge in [0.2, 0.25) is 5.91 Å². The zero-order chi connectivity index (χ0) is 34.8. The quantitative estimate of drug-likeness (QED) is 0.200. The van der Waals surface area contributed by atoms with Gasteiger partial charge in [0, 0.05) is 49.3 Å². The number of aliphatic hydroxyl groups is 1. The molecular formula is C39H52N4O6. The average Bonchev–Trinajstić information content (AvgIpc) is 3.63. The highest BCUT2D eigenvalue weighted by molar-refractivity contribution is 5.95. The van der Waals surface area contributed by atoms with Crippen LogP contribution in [0, 0.1) is 18.3 Å². The molecule has 2 aromatic heterocycles. The summed E-state index contributed by atoms with van der Waals surface area (Å²) < 4.78 is 11.3. The maximum Gasteiger partial charge on any atom is 0.407 e. The normalized spacial score (nSPS) is 24.9. The molecule has 10 heteroatoms. The molecule has 0 saturated heterocycles. The number of nitrogens with zero attached hydrogens (tertiary/aromatic N) is 4. The maximum absolute atomic E-state index is 14.6. The molecule has 1 aromatic carbocycles.